The number of nitrogens with one attached hydrogen (secondary N) is 1. The number of aryl methyl sites for hydroxylation is 2. The molecule has 4 heteroatoms. The van der Waals surface area contributed by atoms with Gasteiger partial charge in [-0.2, -0.15) is 5.26 Å². The molecule has 1 heterocycles. The average molecular weight is 257 g/mol. The standard InChI is InChI=1S/C15H19N3O/c16-8-12-7-10-3-1-5-13(10)17-15(12)18-14-6-2-4-11(14)9-19/h7,11,14,19H,1-6,9H2,(H,17,18). The third-order valence-corrected chi connectivity index (χ3v) is 4.39. The number of aliphatic hydroxyl groups excluding tert-OH is 1. The van der Waals surface area contributed by atoms with Crippen LogP contribution in [0, 0.1) is 17.2 Å². The van der Waals surface area contributed by atoms with E-state index in [1.54, 1.807) is 0 Å². The fourth-order valence-electron chi connectivity index (χ4n) is 3.29. The Morgan fingerprint density at radius 1 is 1.37 bits per heavy atom. The van der Waals surface area contributed by atoms with E-state index in [1.165, 1.54) is 5.56 Å². The molecule has 1 aromatic heterocycles. The van der Waals surface area contributed by atoms with E-state index < -0.39 is 0 Å². The number of hydrogen-bond donors (Lipinski definition) is 2. The summed E-state index contributed by atoms with van der Waals surface area (Å²) in [6, 6.07) is 4.49. The minimum absolute atomic E-state index is 0.213. The SMILES string of the molecule is N#Cc1cc2c(nc1NC1CCCC1CO)CCC2. The van der Waals surface area contributed by atoms with Crippen LogP contribution >= 0.6 is 0 Å². The summed E-state index contributed by atoms with van der Waals surface area (Å²) in [6.07, 6.45) is 6.44. The molecule has 2 aliphatic rings. The molecular formula is C15H19N3O. The molecule has 2 N–H and O–H groups in total. The number of nitriles is 1. The topological polar surface area (TPSA) is 68.9 Å². The van der Waals surface area contributed by atoms with Gasteiger partial charge < -0.3 is 10.4 Å². The summed E-state index contributed by atoms with van der Waals surface area (Å²) in [6.45, 7) is 0.213. The zero-order chi connectivity index (χ0) is 13.2. The van der Waals surface area contributed by atoms with Gasteiger partial charge in [-0.05, 0) is 43.7 Å². The highest BCUT2D eigenvalue weighted by atomic mass is 16.3. The van der Waals surface area contributed by atoms with Crippen LogP contribution in [0.3, 0.4) is 0 Å². The molecule has 4 nitrogen and oxygen atoms in total. The van der Waals surface area contributed by atoms with Crippen LogP contribution in [0.4, 0.5) is 5.82 Å². The fraction of sp³-hybridized carbons (Fsp3) is 0.600. The second-order valence-electron chi connectivity index (χ2n) is 5.58. The zero-order valence-electron chi connectivity index (χ0n) is 11.0. The maximum absolute atomic E-state index is 9.37. The maximum atomic E-state index is 9.37. The maximum Gasteiger partial charge on any atom is 0.144 e. The Hall–Kier alpha value is -1.60. The quantitative estimate of drug-likeness (QED) is 0.869. The number of pyridine rings is 1. The molecule has 2 atom stereocenters. The first-order valence-electron chi connectivity index (χ1n) is 7.12. The van der Waals surface area contributed by atoms with Gasteiger partial charge in [0.2, 0.25) is 0 Å². The Bertz CT molecular complexity index is 521. The van der Waals surface area contributed by atoms with Crippen molar-refractivity contribution < 1.29 is 5.11 Å². The van der Waals surface area contributed by atoms with Crippen LogP contribution in [0.1, 0.15) is 42.5 Å². The minimum Gasteiger partial charge on any atom is -0.396 e. The van der Waals surface area contributed by atoms with Crippen LogP contribution in [-0.2, 0) is 12.8 Å². The Labute approximate surface area is 113 Å². The van der Waals surface area contributed by atoms with E-state index in [0.717, 1.165) is 44.2 Å². The molecule has 0 aliphatic heterocycles. The normalized spacial score (nSPS) is 25.1. The van der Waals surface area contributed by atoms with Crippen molar-refractivity contribution in [1.29, 1.82) is 5.26 Å². The van der Waals surface area contributed by atoms with Gasteiger partial charge in [-0.15, -0.1) is 0 Å². The van der Waals surface area contributed by atoms with E-state index >= 15 is 0 Å². The molecule has 0 amide bonds. The van der Waals surface area contributed by atoms with Crippen molar-refractivity contribution in [3.8, 4) is 6.07 Å². The fourth-order valence-corrected chi connectivity index (χ4v) is 3.29. The molecule has 1 aromatic rings. The predicted molar refractivity (Wildman–Crippen MR) is 72.8 cm³/mol. The Morgan fingerprint density at radius 2 is 2.26 bits per heavy atom. The van der Waals surface area contributed by atoms with E-state index in [4.69, 9.17) is 0 Å². The molecule has 2 aliphatic carbocycles. The minimum atomic E-state index is 0.213. The third kappa shape index (κ3) is 2.31. The molecule has 0 spiro atoms. The lowest BCUT2D eigenvalue weighted by Crippen LogP contribution is -2.27. The average Bonchev–Trinajstić information content (AvgIpc) is 3.05. The summed E-state index contributed by atoms with van der Waals surface area (Å²) < 4.78 is 0. The van der Waals surface area contributed by atoms with Crippen LogP contribution in [0.25, 0.3) is 0 Å². The summed E-state index contributed by atoms with van der Waals surface area (Å²) in [5.41, 5.74) is 3.01. The van der Waals surface area contributed by atoms with Gasteiger partial charge in [-0.3, -0.25) is 0 Å². The van der Waals surface area contributed by atoms with Crippen LogP contribution < -0.4 is 5.32 Å². The molecule has 1 fully saturated rings. The smallest absolute Gasteiger partial charge is 0.144 e. The van der Waals surface area contributed by atoms with Crippen LogP contribution in [0.2, 0.25) is 0 Å². The van der Waals surface area contributed by atoms with E-state index in [2.05, 4.69) is 16.4 Å². The number of aliphatic hydroxyl groups is 1. The lowest BCUT2D eigenvalue weighted by atomic mass is 10.0. The van der Waals surface area contributed by atoms with Gasteiger partial charge in [0.25, 0.3) is 0 Å². The lowest BCUT2D eigenvalue weighted by Gasteiger charge is -2.20. The molecule has 0 radical (unpaired) electrons. The molecule has 1 saturated carbocycles. The molecule has 19 heavy (non-hydrogen) atoms. The number of hydrogen-bond acceptors (Lipinski definition) is 4. The molecule has 3 rings (SSSR count). The summed E-state index contributed by atoms with van der Waals surface area (Å²) in [7, 11) is 0. The zero-order valence-corrected chi connectivity index (χ0v) is 11.0. The Kier molecular flexibility index (Phi) is 3.39. The van der Waals surface area contributed by atoms with Crippen molar-refractivity contribution in [3.05, 3.63) is 22.9 Å². The van der Waals surface area contributed by atoms with Gasteiger partial charge in [0, 0.05) is 24.3 Å². The van der Waals surface area contributed by atoms with Crippen LogP contribution in [-0.4, -0.2) is 22.7 Å². The predicted octanol–water partition coefficient (Wildman–Crippen LogP) is 2.01. The molecule has 2 unspecified atom stereocenters. The van der Waals surface area contributed by atoms with E-state index in [-0.39, 0.29) is 12.6 Å². The Balaban J connectivity index is 1.86. The van der Waals surface area contributed by atoms with Crippen molar-refractivity contribution in [2.75, 3.05) is 11.9 Å². The van der Waals surface area contributed by atoms with Gasteiger partial charge >= 0.3 is 0 Å². The highest BCUT2D eigenvalue weighted by molar-refractivity contribution is 5.55. The number of aromatic nitrogens is 1. The molecule has 0 saturated heterocycles. The molecule has 0 aromatic carbocycles. The van der Waals surface area contributed by atoms with Gasteiger partial charge in [0.1, 0.15) is 11.9 Å². The molecule has 0 bridgehead atoms. The number of anilines is 1. The second-order valence-corrected chi connectivity index (χ2v) is 5.58. The van der Waals surface area contributed by atoms with E-state index in [0.29, 0.717) is 17.3 Å². The second kappa shape index (κ2) is 5.18. The highest BCUT2D eigenvalue weighted by Crippen LogP contribution is 2.30. The number of nitrogens with zero attached hydrogens (tertiary/aromatic N) is 2. The van der Waals surface area contributed by atoms with Crippen molar-refractivity contribution in [2.45, 2.75) is 44.6 Å². The molecular weight excluding hydrogens is 238 g/mol. The van der Waals surface area contributed by atoms with Crippen molar-refractivity contribution >= 4 is 5.82 Å². The van der Waals surface area contributed by atoms with Crippen molar-refractivity contribution in [2.24, 2.45) is 5.92 Å². The largest absolute Gasteiger partial charge is 0.396 e. The highest BCUT2D eigenvalue weighted by Gasteiger charge is 2.28. The van der Waals surface area contributed by atoms with Gasteiger partial charge in [-0.1, -0.05) is 6.42 Å². The first kappa shape index (κ1) is 12.4. The van der Waals surface area contributed by atoms with Crippen molar-refractivity contribution in [1.82, 2.24) is 4.98 Å². The summed E-state index contributed by atoms with van der Waals surface area (Å²) in [4.78, 5) is 4.64. The number of rotatable bonds is 3. The van der Waals surface area contributed by atoms with Crippen LogP contribution in [0.5, 0.6) is 0 Å². The summed E-state index contributed by atoms with van der Waals surface area (Å²) >= 11 is 0. The first-order chi connectivity index (χ1) is 9.31. The lowest BCUT2D eigenvalue weighted by molar-refractivity contribution is 0.222. The van der Waals surface area contributed by atoms with Gasteiger partial charge in [0.15, 0.2) is 0 Å². The van der Waals surface area contributed by atoms with Gasteiger partial charge in [0.05, 0.1) is 5.56 Å². The Morgan fingerprint density at radius 3 is 3.05 bits per heavy atom. The first-order valence-corrected chi connectivity index (χ1v) is 7.12. The summed E-state index contributed by atoms with van der Waals surface area (Å²) in [5.74, 6) is 1.01. The van der Waals surface area contributed by atoms with Crippen molar-refractivity contribution in [3.63, 3.8) is 0 Å². The van der Waals surface area contributed by atoms with E-state index in [9.17, 15) is 10.4 Å². The van der Waals surface area contributed by atoms with Gasteiger partial charge in [-0.25, -0.2) is 4.98 Å². The van der Waals surface area contributed by atoms with Crippen LogP contribution in [0.15, 0.2) is 6.07 Å². The van der Waals surface area contributed by atoms with E-state index in [1.807, 2.05) is 6.07 Å². The molecule has 100 valence electrons. The monoisotopic (exact) mass is 257 g/mol. The third-order valence-electron chi connectivity index (χ3n) is 4.39. The number of fused-ring (bicyclic) bond motifs is 1. The summed E-state index contributed by atoms with van der Waals surface area (Å²) in [5, 5.41) is 22.0.